The SMILES string of the molecule is CC1(C)c2[nH]nc(NC(=O)c3cccnc3NC3CCOCC3)c2CN1S(=O)(=O)c1cc(F)cc(F)c1. The summed E-state index contributed by atoms with van der Waals surface area (Å²) in [6.45, 7) is 4.39. The second kappa shape index (κ2) is 9.47. The first-order valence-corrected chi connectivity index (χ1v) is 13.2. The van der Waals surface area contributed by atoms with Gasteiger partial charge in [-0.3, -0.25) is 9.89 Å². The van der Waals surface area contributed by atoms with Gasteiger partial charge in [0.1, 0.15) is 17.5 Å². The van der Waals surface area contributed by atoms with Crippen molar-refractivity contribution in [3.8, 4) is 0 Å². The van der Waals surface area contributed by atoms with Gasteiger partial charge in [-0.1, -0.05) is 0 Å². The molecule has 0 bridgehead atoms. The van der Waals surface area contributed by atoms with Crippen molar-refractivity contribution >= 4 is 27.6 Å². The highest BCUT2D eigenvalue weighted by Crippen LogP contribution is 2.44. The Kier molecular flexibility index (Phi) is 6.46. The molecule has 1 fully saturated rings. The zero-order chi connectivity index (χ0) is 26.4. The highest BCUT2D eigenvalue weighted by molar-refractivity contribution is 7.89. The van der Waals surface area contributed by atoms with Gasteiger partial charge in [0.05, 0.1) is 21.7 Å². The van der Waals surface area contributed by atoms with Gasteiger partial charge in [0, 0.05) is 43.6 Å². The summed E-state index contributed by atoms with van der Waals surface area (Å²) >= 11 is 0. The number of pyridine rings is 1. The van der Waals surface area contributed by atoms with Crippen LogP contribution in [0.15, 0.2) is 41.4 Å². The lowest BCUT2D eigenvalue weighted by molar-refractivity contribution is 0.0903. The third kappa shape index (κ3) is 4.69. The molecule has 10 nitrogen and oxygen atoms in total. The molecule has 2 aliphatic rings. The number of halogens is 2. The van der Waals surface area contributed by atoms with Gasteiger partial charge in [-0.15, -0.1) is 0 Å². The van der Waals surface area contributed by atoms with E-state index in [0.717, 1.165) is 29.3 Å². The van der Waals surface area contributed by atoms with E-state index in [-0.39, 0.29) is 18.4 Å². The van der Waals surface area contributed by atoms with Crippen LogP contribution >= 0.6 is 0 Å². The Balaban J connectivity index is 1.40. The van der Waals surface area contributed by atoms with Crippen molar-refractivity contribution in [2.24, 2.45) is 0 Å². The predicted molar refractivity (Wildman–Crippen MR) is 130 cm³/mol. The number of nitrogens with zero attached hydrogens (tertiary/aromatic N) is 3. The first kappa shape index (κ1) is 25.2. The van der Waals surface area contributed by atoms with Crippen molar-refractivity contribution < 1.29 is 26.7 Å². The minimum absolute atomic E-state index is 0.122. The Morgan fingerprint density at radius 1 is 1.16 bits per heavy atom. The lowest BCUT2D eigenvalue weighted by atomic mass is 10.0. The fraction of sp³-hybridized carbons (Fsp3) is 0.375. The summed E-state index contributed by atoms with van der Waals surface area (Å²) in [6, 6.07) is 5.56. The number of H-pyrrole nitrogens is 1. The van der Waals surface area contributed by atoms with E-state index in [2.05, 4.69) is 25.8 Å². The number of amides is 1. The van der Waals surface area contributed by atoms with Crippen molar-refractivity contribution in [2.75, 3.05) is 23.8 Å². The molecular formula is C24H26F2N6O4S. The molecule has 3 N–H and O–H groups in total. The van der Waals surface area contributed by atoms with Crippen LogP contribution in [0.3, 0.4) is 0 Å². The maximum atomic E-state index is 13.8. The second-order valence-electron chi connectivity index (χ2n) is 9.49. The molecule has 1 saturated heterocycles. The van der Waals surface area contributed by atoms with E-state index in [0.29, 0.717) is 41.9 Å². The van der Waals surface area contributed by atoms with Gasteiger partial charge in [-0.2, -0.15) is 9.40 Å². The molecular weight excluding hydrogens is 506 g/mol. The first-order valence-electron chi connectivity index (χ1n) is 11.7. The van der Waals surface area contributed by atoms with E-state index in [1.54, 1.807) is 32.2 Å². The monoisotopic (exact) mass is 532 g/mol. The fourth-order valence-electron chi connectivity index (χ4n) is 4.70. The minimum Gasteiger partial charge on any atom is -0.381 e. The number of carbonyl (C=O) groups excluding carboxylic acids is 1. The number of anilines is 2. The van der Waals surface area contributed by atoms with Crippen LogP contribution in [0.25, 0.3) is 0 Å². The van der Waals surface area contributed by atoms with E-state index in [4.69, 9.17) is 4.74 Å². The number of hydrogen-bond donors (Lipinski definition) is 3. The van der Waals surface area contributed by atoms with Crippen LogP contribution < -0.4 is 10.6 Å². The Labute approximate surface area is 212 Å². The summed E-state index contributed by atoms with van der Waals surface area (Å²) in [6.07, 6.45) is 3.17. The van der Waals surface area contributed by atoms with Gasteiger partial charge >= 0.3 is 0 Å². The van der Waals surface area contributed by atoms with Crippen LogP contribution in [-0.2, 0) is 26.8 Å². The maximum Gasteiger partial charge on any atom is 0.260 e. The molecule has 3 aromatic rings. The number of ether oxygens (including phenoxy) is 1. The van der Waals surface area contributed by atoms with Crippen LogP contribution in [-0.4, -0.2) is 53.1 Å². The van der Waals surface area contributed by atoms with Crippen LogP contribution in [0.4, 0.5) is 20.4 Å². The third-order valence-corrected chi connectivity index (χ3v) is 8.67. The number of sulfonamides is 1. The molecule has 2 aromatic heterocycles. The average Bonchev–Trinajstić information content (AvgIpc) is 3.37. The van der Waals surface area contributed by atoms with E-state index >= 15 is 0 Å². The Hall–Kier alpha value is -3.42. The number of hydrogen-bond acceptors (Lipinski definition) is 7. The molecule has 196 valence electrons. The number of aromatic amines is 1. The Morgan fingerprint density at radius 2 is 1.86 bits per heavy atom. The Bertz CT molecular complexity index is 1430. The van der Waals surface area contributed by atoms with Crippen LogP contribution in [0.5, 0.6) is 0 Å². The highest BCUT2D eigenvalue weighted by atomic mass is 32.2. The van der Waals surface area contributed by atoms with Gasteiger partial charge in [0.25, 0.3) is 5.91 Å². The molecule has 37 heavy (non-hydrogen) atoms. The van der Waals surface area contributed by atoms with Crippen LogP contribution in [0, 0.1) is 11.6 Å². The summed E-state index contributed by atoms with van der Waals surface area (Å²) in [5.41, 5.74) is 0.108. The van der Waals surface area contributed by atoms with Gasteiger partial charge in [-0.25, -0.2) is 22.2 Å². The van der Waals surface area contributed by atoms with Gasteiger partial charge in [-0.05, 0) is 51.0 Å². The van der Waals surface area contributed by atoms with Gasteiger partial charge < -0.3 is 15.4 Å². The van der Waals surface area contributed by atoms with E-state index in [9.17, 15) is 22.0 Å². The quantitative estimate of drug-likeness (QED) is 0.444. The fourth-order valence-corrected chi connectivity index (χ4v) is 6.47. The van der Waals surface area contributed by atoms with Crippen molar-refractivity contribution in [3.63, 3.8) is 0 Å². The molecule has 0 radical (unpaired) electrons. The molecule has 0 unspecified atom stereocenters. The summed E-state index contributed by atoms with van der Waals surface area (Å²) in [4.78, 5) is 17.0. The van der Waals surface area contributed by atoms with Crippen LogP contribution in [0.2, 0.25) is 0 Å². The van der Waals surface area contributed by atoms with Crippen molar-refractivity contribution in [2.45, 2.75) is 49.7 Å². The number of fused-ring (bicyclic) bond motifs is 1. The van der Waals surface area contributed by atoms with E-state index in [1.165, 1.54) is 0 Å². The number of carbonyl (C=O) groups is 1. The standard InChI is InChI=1S/C24H26F2N6O4S/c1-24(2)20-19(13-32(24)37(34,35)17-11-14(25)10-15(26)12-17)22(31-30-20)29-23(33)18-4-3-7-27-21(18)28-16-5-8-36-9-6-16/h3-4,7,10-12,16H,5-6,8-9,13H2,1-2H3,(H,27,28)(H2,29,30,31,33). The number of nitrogens with one attached hydrogen (secondary N) is 3. The molecule has 4 heterocycles. The molecule has 0 aliphatic carbocycles. The molecule has 1 amide bonds. The largest absolute Gasteiger partial charge is 0.381 e. The molecule has 0 atom stereocenters. The molecule has 2 aliphatic heterocycles. The van der Waals surface area contributed by atoms with Crippen LogP contribution in [0.1, 0.15) is 48.3 Å². The average molecular weight is 533 g/mol. The molecule has 0 saturated carbocycles. The summed E-state index contributed by atoms with van der Waals surface area (Å²) < 4.78 is 60.8. The normalized spacial score (nSPS) is 17.9. The summed E-state index contributed by atoms with van der Waals surface area (Å²) in [7, 11) is -4.29. The molecule has 1 aromatic carbocycles. The lowest BCUT2D eigenvalue weighted by Crippen LogP contribution is -2.40. The topological polar surface area (TPSA) is 129 Å². The predicted octanol–water partition coefficient (Wildman–Crippen LogP) is 3.37. The van der Waals surface area contributed by atoms with E-state index < -0.39 is 38.0 Å². The van der Waals surface area contributed by atoms with Gasteiger partial charge in [0.15, 0.2) is 5.82 Å². The zero-order valence-corrected chi connectivity index (χ0v) is 21.0. The minimum atomic E-state index is -4.29. The summed E-state index contributed by atoms with van der Waals surface area (Å²) in [5, 5.41) is 13.1. The summed E-state index contributed by atoms with van der Waals surface area (Å²) in [5.74, 6) is -1.87. The molecule has 0 spiro atoms. The zero-order valence-electron chi connectivity index (χ0n) is 20.2. The van der Waals surface area contributed by atoms with Crippen molar-refractivity contribution in [1.29, 1.82) is 0 Å². The van der Waals surface area contributed by atoms with Crippen molar-refractivity contribution in [3.05, 3.63) is 65.0 Å². The number of benzene rings is 1. The maximum absolute atomic E-state index is 13.8. The number of rotatable bonds is 6. The van der Waals surface area contributed by atoms with E-state index in [1.807, 2.05) is 0 Å². The van der Waals surface area contributed by atoms with Crippen molar-refractivity contribution in [1.82, 2.24) is 19.5 Å². The lowest BCUT2D eigenvalue weighted by Gasteiger charge is -2.30. The number of aromatic nitrogens is 3. The van der Waals surface area contributed by atoms with Gasteiger partial charge in [0.2, 0.25) is 10.0 Å². The smallest absolute Gasteiger partial charge is 0.260 e. The molecule has 5 rings (SSSR count). The third-order valence-electron chi connectivity index (χ3n) is 6.67. The first-order chi connectivity index (χ1) is 17.6. The molecule has 13 heteroatoms. The Morgan fingerprint density at radius 3 is 2.57 bits per heavy atom. The highest BCUT2D eigenvalue weighted by Gasteiger charge is 2.48. The second-order valence-corrected chi connectivity index (χ2v) is 11.3.